The molecule has 0 aliphatic heterocycles. The van der Waals surface area contributed by atoms with Gasteiger partial charge in [-0.1, -0.05) is 24.4 Å². The van der Waals surface area contributed by atoms with E-state index in [1.807, 2.05) is 0 Å². The van der Waals surface area contributed by atoms with Crippen LogP contribution in [-0.2, 0) is 4.79 Å². The molecule has 0 aromatic heterocycles. The molecule has 1 saturated carbocycles. The lowest BCUT2D eigenvalue weighted by Crippen LogP contribution is -2.41. The molecule has 0 unspecified atom stereocenters. The van der Waals surface area contributed by atoms with Gasteiger partial charge in [0.15, 0.2) is 0 Å². The molecule has 0 atom stereocenters. The van der Waals surface area contributed by atoms with Gasteiger partial charge < -0.3 is 16.4 Å². The number of nitrogens with two attached hydrogens (primary N) is 1. The first kappa shape index (κ1) is 15.6. The van der Waals surface area contributed by atoms with Gasteiger partial charge in [0.05, 0.1) is 22.8 Å². The van der Waals surface area contributed by atoms with E-state index in [-0.39, 0.29) is 34.8 Å². The van der Waals surface area contributed by atoms with Crippen molar-refractivity contribution in [3.05, 3.63) is 28.5 Å². The highest BCUT2D eigenvalue weighted by Crippen LogP contribution is 2.22. The summed E-state index contributed by atoms with van der Waals surface area (Å²) in [6.45, 7) is -0.198. The van der Waals surface area contributed by atoms with Crippen molar-refractivity contribution in [2.45, 2.75) is 31.7 Å². The van der Waals surface area contributed by atoms with Gasteiger partial charge >= 0.3 is 0 Å². The van der Waals surface area contributed by atoms with Gasteiger partial charge in [-0.25, -0.2) is 4.39 Å². The number of hydrogen-bond acceptors (Lipinski definition) is 3. The standard InChI is InChI=1S/C14H17ClFN3O2/c15-10-5-9(11(16)6-12(10)17)14(21)18-7-13(20)19-8-3-1-2-4-8/h5-6,8H,1-4,7,17H2,(H,18,21)(H,19,20). The molecule has 1 aliphatic rings. The van der Waals surface area contributed by atoms with E-state index < -0.39 is 11.7 Å². The number of nitrogens with one attached hydrogen (secondary N) is 2. The molecule has 2 rings (SSSR count). The second-order valence-electron chi connectivity index (χ2n) is 5.09. The number of benzene rings is 1. The van der Waals surface area contributed by atoms with Gasteiger partial charge in [0.2, 0.25) is 5.91 Å². The molecule has 0 saturated heterocycles. The summed E-state index contributed by atoms with van der Waals surface area (Å²) in [5.41, 5.74) is 5.26. The smallest absolute Gasteiger partial charge is 0.254 e. The Kier molecular flexibility index (Phi) is 5.01. The Morgan fingerprint density at radius 2 is 2.00 bits per heavy atom. The van der Waals surface area contributed by atoms with E-state index in [2.05, 4.69) is 10.6 Å². The van der Waals surface area contributed by atoms with Crippen molar-refractivity contribution in [3.8, 4) is 0 Å². The summed E-state index contributed by atoms with van der Waals surface area (Å²) in [6, 6.07) is 2.31. The molecular formula is C14H17ClFN3O2. The molecule has 0 bridgehead atoms. The van der Waals surface area contributed by atoms with E-state index in [1.54, 1.807) is 0 Å². The second-order valence-corrected chi connectivity index (χ2v) is 5.49. The SMILES string of the molecule is Nc1cc(F)c(C(=O)NCC(=O)NC2CCCC2)cc1Cl. The van der Waals surface area contributed by atoms with Gasteiger partial charge in [-0.3, -0.25) is 9.59 Å². The molecule has 1 aromatic carbocycles. The molecule has 0 heterocycles. The molecular weight excluding hydrogens is 297 g/mol. The third-order valence-corrected chi connectivity index (χ3v) is 3.79. The van der Waals surface area contributed by atoms with Crippen LogP contribution in [0.15, 0.2) is 12.1 Å². The number of nitrogen functional groups attached to an aromatic ring is 1. The number of carbonyl (C=O) groups excluding carboxylic acids is 2. The number of hydrogen-bond donors (Lipinski definition) is 3. The van der Waals surface area contributed by atoms with E-state index in [1.165, 1.54) is 0 Å². The van der Waals surface area contributed by atoms with Crippen molar-refractivity contribution in [3.63, 3.8) is 0 Å². The number of rotatable bonds is 4. The molecule has 7 heteroatoms. The van der Waals surface area contributed by atoms with Crippen molar-refractivity contribution < 1.29 is 14.0 Å². The molecule has 0 spiro atoms. The highest BCUT2D eigenvalue weighted by molar-refractivity contribution is 6.33. The van der Waals surface area contributed by atoms with Crippen molar-refractivity contribution in [1.82, 2.24) is 10.6 Å². The van der Waals surface area contributed by atoms with E-state index in [9.17, 15) is 14.0 Å². The summed E-state index contributed by atoms with van der Waals surface area (Å²) in [5.74, 6) is -1.75. The minimum atomic E-state index is -0.773. The van der Waals surface area contributed by atoms with Crippen LogP contribution in [0.3, 0.4) is 0 Å². The molecule has 1 aliphatic carbocycles. The average Bonchev–Trinajstić information content (AvgIpc) is 2.93. The van der Waals surface area contributed by atoms with Crippen LogP contribution in [-0.4, -0.2) is 24.4 Å². The third kappa shape index (κ3) is 4.07. The fourth-order valence-corrected chi connectivity index (χ4v) is 2.50. The lowest BCUT2D eigenvalue weighted by Gasteiger charge is -2.12. The van der Waals surface area contributed by atoms with Gasteiger partial charge in [-0.05, 0) is 25.0 Å². The largest absolute Gasteiger partial charge is 0.397 e. The Bertz CT molecular complexity index is 559. The summed E-state index contributed by atoms with van der Waals surface area (Å²) in [7, 11) is 0. The lowest BCUT2D eigenvalue weighted by atomic mass is 10.2. The van der Waals surface area contributed by atoms with Gasteiger partial charge in [-0.15, -0.1) is 0 Å². The number of amides is 2. The quantitative estimate of drug-likeness (QED) is 0.742. The molecule has 21 heavy (non-hydrogen) atoms. The van der Waals surface area contributed by atoms with Crippen LogP contribution in [0.2, 0.25) is 5.02 Å². The maximum atomic E-state index is 13.6. The lowest BCUT2D eigenvalue weighted by molar-refractivity contribution is -0.120. The summed E-state index contributed by atoms with van der Waals surface area (Å²) in [6.07, 6.45) is 4.13. The summed E-state index contributed by atoms with van der Waals surface area (Å²) >= 11 is 5.76. The Balaban J connectivity index is 1.89. The first-order chi connectivity index (χ1) is 9.97. The van der Waals surface area contributed by atoms with Crippen molar-refractivity contribution in [2.75, 3.05) is 12.3 Å². The second kappa shape index (κ2) is 6.76. The number of halogens is 2. The summed E-state index contributed by atoms with van der Waals surface area (Å²) < 4.78 is 13.6. The van der Waals surface area contributed by atoms with Crippen molar-refractivity contribution >= 4 is 29.1 Å². The van der Waals surface area contributed by atoms with Gasteiger partial charge in [0.25, 0.3) is 5.91 Å². The predicted molar refractivity (Wildman–Crippen MR) is 78.6 cm³/mol. The zero-order valence-electron chi connectivity index (χ0n) is 11.4. The molecule has 0 radical (unpaired) electrons. The fourth-order valence-electron chi connectivity index (χ4n) is 2.34. The number of carbonyl (C=O) groups is 2. The molecule has 2 amide bonds. The van der Waals surface area contributed by atoms with Crippen LogP contribution in [0.5, 0.6) is 0 Å². The molecule has 1 fully saturated rings. The van der Waals surface area contributed by atoms with E-state index in [4.69, 9.17) is 17.3 Å². The molecule has 1 aromatic rings. The van der Waals surface area contributed by atoms with Crippen molar-refractivity contribution in [1.29, 1.82) is 0 Å². The predicted octanol–water partition coefficient (Wildman–Crippen LogP) is 1.85. The molecule has 5 nitrogen and oxygen atoms in total. The Morgan fingerprint density at radius 3 is 2.67 bits per heavy atom. The summed E-state index contributed by atoms with van der Waals surface area (Å²) in [4.78, 5) is 23.5. The maximum Gasteiger partial charge on any atom is 0.254 e. The van der Waals surface area contributed by atoms with E-state index >= 15 is 0 Å². The summed E-state index contributed by atoms with van der Waals surface area (Å²) in [5, 5.41) is 5.29. The minimum absolute atomic E-state index is 0.0599. The molecule has 114 valence electrons. The van der Waals surface area contributed by atoms with Gasteiger partial charge in [-0.2, -0.15) is 0 Å². The van der Waals surface area contributed by atoms with E-state index in [0.29, 0.717) is 0 Å². The molecule has 4 N–H and O–H groups in total. The van der Waals surface area contributed by atoms with Crippen LogP contribution in [0.1, 0.15) is 36.0 Å². The van der Waals surface area contributed by atoms with Crippen LogP contribution < -0.4 is 16.4 Å². The minimum Gasteiger partial charge on any atom is -0.397 e. The highest BCUT2D eigenvalue weighted by atomic mass is 35.5. The zero-order valence-corrected chi connectivity index (χ0v) is 12.2. The van der Waals surface area contributed by atoms with Crippen LogP contribution in [0.25, 0.3) is 0 Å². The average molecular weight is 314 g/mol. The fraction of sp³-hybridized carbons (Fsp3) is 0.429. The van der Waals surface area contributed by atoms with Gasteiger partial charge in [0, 0.05) is 6.04 Å². The topological polar surface area (TPSA) is 84.2 Å². The normalized spacial score (nSPS) is 15.0. The Morgan fingerprint density at radius 1 is 1.33 bits per heavy atom. The monoisotopic (exact) mass is 313 g/mol. The highest BCUT2D eigenvalue weighted by Gasteiger charge is 2.18. The first-order valence-electron chi connectivity index (χ1n) is 6.79. The first-order valence-corrected chi connectivity index (χ1v) is 7.17. The van der Waals surface area contributed by atoms with Crippen LogP contribution >= 0.6 is 11.6 Å². The van der Waals surface area contributed by atoms with Crippen LogP contribution in [0.4, 0.5) is 10.1 Å². The Hall–Kier alpha value is -1.82. The van der Waals surface area contributed by atoms with Crippen LogP contribution in [0, 0.1) is 5.82 Å². The van der Waals surface area contributed by atoms with E-state index in [0.717, 1.165) is 37.8 Å². The number of anilines is 1. The zero-order chi connectivity index (χ0) is 15.4. The third-order valence-electron chi connectivity index (χ3n) is 3.46. The Labute approximate surface area is 127 Å². The maximum absolute atomic E-state index is 13.6. The van der Waals surface area contributed by atoms with Crippen molar-refractivity contribution in [2.24, 2.45) is 0 Å². The van der Waals surface area contributed by atoms with Gasteiger partial charge in [0.1, 0.15) is 5.82 Å².